The normalized spacial score (nSPS) is 22.6. The van der Waals surface area contributed by atoms with Gasteiger partial charge in [-0.2, -0.15) is 0 Å². The fourth-order valence-electron chi connectivity index (χ4n) is 2.63. The summed E-state index contributed by atoms with van der Waals surface area (Å²) in [5.41, 5.74) is 0.801. The molecule has 0 saturated carbocycles. The average Bonchev–Trinajstić information content (AvgIpc) is 2.41. The number of ether oxygens (including phenoxy) is 1. The predicted octanol–water partition coefficient (Wildman–Crippen LogP) is 1.87. The van der Waals surface area contributed by atoms with Crippen LogP contribution < -0.4 is 9.64 Å². The quantitative estimate of drug-likeness (QED) is 0.907. The van der Waals surface area contributed by atoms with Crippen molar-refractivity contribution < 1.29 is 14.6 Å². The van der Waals surface area contributed by atoms with Crippen LogP contribution in [0.2, 0.25) is 0 Å². The topological polar surface area (TPSA) is 75.6 Å². The highest BCUT2D eigenvalue weighted by molar-refractivity contribution is 5.78. The van der Waals surface area contributed by atoms with E-state index < -0.39 is 12.0 Å². The number of piperidine rings is 1. The first kappa shape index (κ1) is 14.6. The zero-order chi connectivity index (χ0) is 14.7. The third-order valence-corrected chi connectivity index (χ3v) is 3.71. The molecule has 1 saturated heterocycles. The molecule has 1 fully saturated rings. The van der Waals surface area contributed by atoms with Crippen molar-refractivity contribution >= 4 is 11.8 Å². The van der Waals surface area contributed by atoms with Crippen LogP contribution in [0.4, 0.5) is 5.82 Å². The van der Waals surface area contributed by atoms with Gasteiger partial charge in [0, 0.05) is 6.54 Å². The van der Waals surface area contributed by atoms with Crippen LogP contribution in [0.1, 0.15) is 32.3 Å². The van der Waals surface area contributed by atoms with Crippen molar-refractivity contribution in [3.8, 4) is 5.88 Å². The molecule has 110 valence electrons. The number of carboxylic acid groups (broad SMARTS) is 1. The van der Waals surface area contributed by atoms with E-state index in [1.807, 2.05) is 18.7 Å². The molecule has 1 N–H and O–H groups in total. The molecule has 0 aromatic carbocycles. The first-order valence-electron chi connectivity index (χ1n) is 6.98. The highest BCUT2D eigenvalue weighted by Gasteiger charge is 2.33. The van der Waals surface area contributed by atoms with Crippen molar-refractivity contribution in [1.29, 1.82) is 0 Å². The Morgan fingerprint density at radius 3 is 2.95 bits per heavy atom. The van der Waals surface area contributed by atoms with Crippen molar-refractivity contribution in [2.75, 3.05) is 18.1 Å². The molecule has 1 aliphatic rings. The number of rotatable bonds is 4. The summed E-state index contributed by atoms with van der Waals surface area (Å²) < 4.78 is 5.46. The molecule has 2 heterocycles. The highest BCUT2D eigenvalue weighted by Crippen LogP contribution is 2.31. The molecule has 20 heavy (non-hydrogen) atoms. The molecule has 2 unspecified atom stereocenters. The highest BCUT2D eigenvalue weighted by atomic mass is 16.5. The largest absolute Gasteiger partial charge is 0.480 e. The van der Waals surface area contributed by atoms with E-state index in [2.05, 4.69) is 16.9 Å². The predicted molar refractivity (Wildman–Crippen MR) is 75.1 cm³/mol. The maximum atomic E-state index is 11.5. The molecule has 6 nitrogen and oxygen atoms in total. The van der Waals surface area contributed by atoms with Gasteiger partial charge in [-0.1, -0.05) is 6.92 Å². The van der Waals surface area contributed by atoms with Crippen LogP contribution in [0.15, 0.2) is 6.33 Å². The van der Waals surface area contributed by atoms with Crippen molar-refractivity contribution in [3.05, 3.63) is 11.9 Å². The Balaban J connectivity index is 2.33. The van der Waals surface area contributed by atoms with Crippen LogP contribution >= 0.6 is 0 Å². The molecule has 0 bridgehead atoms. The minimum absolute atomic E-state index is 0.417. The lowest BCUT2D eigenvalue weighted by atomic mass is 9.92. The van der Waals surface area contributed by atoms with E-state index in [1.54, 1.807) is 0 Å². The lowest BCUT2D eigenvalue weighted by molar-refractivity contribution is -0.139. The van der Waals surface area contributed by atoms with Gasteiger partial charge in [-0.3, -0.25) is 0 Å². The van der Waals surface area contributed by atoms with E-state index in [9.17, 15) is 9.90 Å². The van der Waals surface area contributed by atoms with E-state index in [-0.39, 0.29) is 0 Å². The summed E-state index contributed by atoms with van der Waals surface area (Å²) in [5, 5.41) is 9.43. The van der Waals surface area contributed by atoms with Gasteiger partial charge in [-0.25, -0.2) is 14.8 Å². The van der Waals surface area contributed by atoms with Gasteiger partial charge < -0.3 is 14.7 Å². The maximum absolute atomic E-state index is 11.5. The van der Waals surface area contributed by atoms with E-state index in [0.29, 0.717) is 37.2 Å². The van der Waals surface area contributed by atoms with Gasteiger partial charge in [0.2, 0.25) is 5.88 Å². The Morgan fingerprint density at radius 1 is 1.55 bits per heavy atom. The third kappa shape index (κ3) is 2.84. The molecular formula is C14H21N3O3. The zero-order valence-corrected chi connectivity index (χ0v) is 12.2. The molecule has 2 atom stereocenters. The van der Waals surface area contributed by atoms with Crippen LogP contribution in [-0.4, -0.2) is 40.2 Å². The molecule has 0 radical (unpaired) electrons. The summed E-state index contributed by atoms with van der Waals surface area (Å²) in [6.07, 6.45) is 3.05. The second-order valence-corrected chi connectivity index (χ2v) is 5.24. The second kappa shape index (κ2) is 6.07. The van der Waals surface area contributed by atoms with E-state index in [4.69, 9.17) is 4.74 Å². The van der Waals surface area contributed by atoms with Crippen molar-refractivity contribution in [2.45, 2.75) is 39.7 Å². The Hall–Kier alpha value is -1.85. The summed E-state index contributed by atoms with van der Waals surface area (Å²) in [4.78, 5) is 21.7. The Labute approximate surface area is 118 Å². The molecule has 0 amide bonds. The van der Waals surface area contributed by atoms with Crippen molar-refractivity contribution in [3.63, 3.8) is 0 Å². The summed E-state index contributed by atoms with van der Waals surface area (Å²) in [6.45, 7) is 7.07. The van der Waals surface area contributed by atoms with Crippen LogP contribution in [0, 0.1) is 12.8 Å². The number of carbonyl (C=O) groups is 1. The number of aromatic nitrogens is 2. The zero-order valence-electron chi connectivity index (χ0n) is 12.2. The van der Waals surface area contributed by atoms with Crippen LogP contribution in [0.25, 0.3) is 0 Å². The third-order valence-electron chi connectivity index (χ3n) is 3.71. The Morgan fingerprint density at radius 2 is 2.30 bits per heavy atom. The lowest BCUT2D eigenvalue weighted by Crippen LogP contribution is -2.47. The van der Waals surface area contributed by atoms with Gasteiger partial charge in [0.25, 0.3) is 0 Å². The van der Waals surface area contributed by atoms with Gasteiger partial charge >= 0.3 is 5.97 Å². The first-order valence-corrected chi connectivity index (χ1v) is 6.98. The number of anilines is 1. The average molecular weight is 279 g/mol. The second-order valence-electron chi connectivity index (χ2n) is 5.24. The minimum Gasteiger partial charge on any atom is -0.480 e. The van der Waals surface area contributed by atoms with E-state index >= 15 is 0 Å². The van der Waals surface area contributed by atoms with Gasteiger partial charge in [0.1, 0.15) is 18.2 Å². The van der Waals surface area contributed by atoms with Crippen LogP contribution in [0.5, 0.6) is 5.88 Å². The van der Waals surface area contributed by atoms with Gasteiger partial charge in [0.15, 0.2) is 0 Å². The van der Waals surface area contributed by atoms with Crippen LogP contribution in [0.3, 0.4) is 0 Å². The smallest absolute Gasteiger partial charge is 0.326 e. The maximum Gasteiger partial charge on any atom is 0.326 e. The number of carboxylic acids is 1. The number of nitrogens with zero attached hydrogens (tertiary/aromatic N) is 3. The summed E-state index contributed by atoms with van der Waals surface area (Å²) in [7, 11) is 0. The molecule has 2 rings (SSSR count). The number of hydrogen-bond acceptors (Lipinski definition) is 5. The van der Waals surface area contributed by atoms with Gasteiger partial charge in [0.05, 0.1) is 12.2 Å². The Bertz CT molecular complexity index is 493. The van der Waals surface area contributed by atoms with Gasteiger partial charge in [-0.15, -0.1) is 0 Å². The standard InChI is InChI=1S/C14H21N3O3/c1-4-20-13-10(3)12(15-8-16-13)17-6-5-9(2)7-11(17)14(18)19/h8-9,11H,4-7H2,1-3H3,(H,18,19). The molecule has 6 heteroatoms. The van der Waals surface area contributed by atoms with Gasteiger partial charge in [-0.05, 0) is 32.6 Å². The fourth-order valence-corrected chi connectivity index (χ4v) is 2.63. The SMILES string of the molecule is CCOc1ncnc(N2CCC(C)CC2C(=O)O)c1C. The monoisotopic (exact) mass is 279 g/mol. The molecular weight excluding hydrogens is 258 g/mol. The van der Waals surface area contributed by atoms with E-state index in [1.165, 1.54) is 6.33 Å². The number of aliphatic carboxylic acids is 1. The minimum atomic E-state index is -0.799. The molecule has 1 aromatic heterocycles. The summed E-state index contributed by atoms with van der Waals surface area (Å²) in [5.74, 6) is 0.816. The Kier molecular flexibility index (Phi) is 4.42. The van der Waals surface area contributed by atoms with Crippen LogP contribution in [-0.2, 0) is 4.79 Å². The molecule has 0 aliphatic carbocycles. The summed E-state index contributed by atoms with van der Waals surface area (Å²) in [6, 6.07) is -0.526. The first-order chi connectivity index (χ1) is 9.54. The number of hydrogen-bond donors (Lipinski definition) is 1. The fraction of sp³-hybridized carbons (Fsp3) is 0.643. The van der Waals surface area contributed by atoms with Crippen molar-refractivity contribution in [2.24, 2.45) is 5.92 Å². The lowest BCUT2D eigenvalue weighted by Gasteiger charge is -2.37. The molecule has 1 aromatic rings. The molecule has 1 aliphatic heterocycles. The summed E-state index contributed by atoms with van der Waals surface area (Å²) >= 11 is 0. The van der Waals surface area contributed by atoms with E-state index in [0.717, 1.165) is 12.0 Å². The van der Waals surface area contributed by atoms with Crippen molar-refractivity contribution in [1.82, 2.24) is 9.97 Å². The molecule has 0 spiro atoms.